The molecule has 0 radical (unpaired) electrons. The lowest BCUT2D eigenvalue weighted by molar-refractivity contribution is 1.25. The second-order valence-electron chi connectivity index (χ2n) is 15.4. The van der Waals surface area contributed by atoms with Gasteiger partial charge in [0.15, 0.2) is 0 Å². The molecule has 0 aliphatic rings. The molecule has 0 bridgehead atoms. The Hall–Kier alpha value is -7.92. The van der Waals surface area contributed by atoms with Gasteiger partial charge in [-0.25, -0.2) is 0 Å². The molecule has 62 heavy (non-hydrogen) atoms. The van der Waals surface area contributed by atoms with Gasteiger partial charge in [-0.1, -0.05) is 140 Å². The molecule has 0 unspecified atom stereocenters. The highest BCUT2D eigenvalue weighted by molar-refractivity contribution is 7.25. The highest BCUT2D eigenvalue weighted by Gasteiger charge is 2.22. The number of nitrogens with zero attached hydrogens (tertiary/aromatic N) is 3. The average molecular weight is 812 g/mol. The Morgan fingerprint density at radius 2 is 0.661 bits per heavy atom. The summed E-state index contributed by atoms with van der Waals surface area (Å²) >= 11 is 1.85. The summed E-state index contributed by atoms with van der Waals surface area (Å²) in [5.41, 5.74) is 12.1. The first-order valence-electron chi connectivity index (χ1n) is 21.0. The predicted octanol–water partition coefficient (Wildman–Crippen LogP) is 17.3. The molecule has 0 aliphatic heterocycles. The topological polar surface area (TPSA) is 9.72 Å². The van der Waals surface area contributed by atoms with Crippen molar-refractivity contribution in [3.8, 4) is 11.1 Å². The molecule has 11 aromatic rings. The van der Waals surface area contributed by atoms with Gasteiger partial charge in [0.1, 0.15) is 0 Å². The lowest BCUT2D eigenvalue weighted by Gasteiger charge is -2.31. The molecule has 4 heteroatoms. The maximum atomic E-state index is 2.42. The van der Waals surface area contributed by atoms with Gasteiger partial charge in [-0.05, 0) is 126 Å². The van der Waals surface area contributed by atoms with E-state index in [4.69, 9.17) is 0 Å². The molecule has 11 rings (SSSR count). The number of hydrogen-bond donors (Lipinski definition) is 0. The van der Waals surface area contributed by atoms with Crippen LogP contribution >= 0.6 is 11.3 Å². The number of para-hydroxylation sites is 5. The summed E-state index contributed by atoms with van der Waals surface area (Å²) < 4.78 is 2.59. The Balaban J connectivity index is 1.15. The van der Waals surface area contributed by atoms with Gasteiger partial charge >= 0.3 is 0 Å². The highest BCUT2D eigenvalue weighted by atomic mass is 32.1. The van der Waals surface area contributed by atoms with Crippen molar-refractivity contribution in [2.75, 3.05) is 14.7 Å². The summed E-state index contributed by atoms with van der Waals surface area (Å²) in [6.07, 6.45) is 0. The first kappa shape index (κ1) is 37.1. The molecule has 0 aliphatic carbocycles. The zero-order chi connectivity index (χ0) is 41.2. The maximum absolute atomic E-state index is 2.42. The van der Waals surface area contributed by atoms with Crippen LogP contribution in [0, 0.1) is 0 Å². The van der Waals surface area contributed by atoms with Crippen molar-refractivity contribution in [2.24, 2.45) is 0 Å². The number of hydrogen-bond acceptors (Lipinski definition) is 4. The Morgan fingerprint density at radius 3 is 1.18 bits per heavy atom. The highest BCUT2D eigenvalue weighted by Crippen LogP contribution is 2.47. The van der Waals surface area contributed by atoms with Crippen LogP contribution in [-0.2, 0) is 0 Å². The van der Waals surface area contributed by atoms with Crippen molar-refractivity contribution in [1.29, 1.82) is 0 Å². The number of anilines is 9. The Bertz CT molecular complexity index is 3120. The Labute approximate surface area is 366 Å². The van der Waals surface area contributed by atoms with Crippen molar-refractivity contribution >= 4 is 93.5 Å². The molecular weight excluding hydrogens is 771 g/mol. The molecule has 0 saturated carbocycles. The second-order valence-corrected chi connectivity index (χ2v) is 16.5. The quantitative estimate of drug-likeness (QED) is 0.136. The van der Waals surface area contributed by atoms with Crippen LogP contribution in [0.5, 0.6) is 0 Å². The smallest absolute Gasteiger partial charge is 0.0540 e. The van der Waals surface area contributed by atoms with Crippen molar-refractivity contribution in [1.82, 2.24) is 0 Å². The zero-order valence-corrected chi connectivity index (χ0v) is 34.7. The van der Waals surface area contributed by atoms with Crippen molar-refractivity contribution in [3.05, 3.63) is 249 Å². The second kappa shape index (κ2) is 16.3. The molecule has 0 atom stereocenters. The van der Waals surface area contributed by atoms with E-state index in [1.165, 1.54) is 30.9 Å². The molecule has 1 heterocycles. The maximum Gasteiger partial charge on any atom is 0.0540 e. The average Bonchev–Trinajstić information content (AvgIpc) is 3.72. The van der Waals surface area contributed by atoms with E-state index < -0.39 is 0 Å². The van der Waals surface area contributed by atoms with Crippen LogP contribution in [0.3, 0.4) is 0 Å². The molecule has 0 saturated heterocycles. The van der Waals surface area contributed by atoms with Crippen LogP contribution < -0.4 is 14.7 Å². The van der Waals surface area contributed by atoms with E-state index >= 15 is 0 Å². The minimum Gasteiger partial charge on any atom is -0.310 e. The summed E-state index contributed by atoms with van der Waals surface area (Å²) in [7, 11) is 0. The van der Waals surface area contributed by atoms with Crippen LogP contribution in [0.25, 0.3) is 42.1 Å². The third-order valence-electron chi connectivity index (χ3n) is 11.6. The number of benzene rings is 10. The number of rotatable bonds is 10. The van der Waals surface area contributed by atoms with Gasteiger partial charge in [0, 0.05) is 71.1 Å². The van der Waals surface area contributed by atoms with Crippen LogP contribution in [0.4, 0.5) is 51.2 Å². The predicted molar refractivity (Wildman–Crippen MR) is 266 cm³/mol. The van der Waals surface area contributed by atoms with E-state index in [2.05, 4.69) is 263 Å². The molecule has 0 spiro atoms. The summed E-state index contributed by atoms with van der Waals surface area (Å²) in [6, 6.07) is 89.6. The number of fused-ring (bicyclic) bond motifs is 4. The summed E-state index contributed by atoms with van der Waals surface area (Å²) in [5.74, 6) is 0. The fourth-order valence-electron chi connectivity index (χ4n) is 8.80. The first-order chi connectivity index (χ1) is 30.8. The van der Waals surface area contributed by atoms with Crippen molar-refractivity contribution in [2.45, 2.75) is 0 Å². The van der Waals surface area contributed by atoms with Gasteiger partial charge in [0.25, 0.3) is 0 Å². The zero-order valence-electron chi connectivity index (χ0n) is 33.9. The molecule has 3 nitrogen and oxygen atoms in total. The normalized spacial score (nSPS) is 11.2. The van der Waals surface area contributed by atoms with E-state index in [-0.39, 0.29) is 0 Å². The standard InChI is InChI=1S/C58H41N3S/c1-6-20-43(21-7-1)59(44-22-8-2-9-23-44)49-38-42(39-50(40-49)60(45-24-10-3-11-25-45)46-26-12-4-13-27-46)51-35-36-56(53-31-17-16-30-52(51)53)61(47-28-14-5-15-29-47)48-34-37-58-55(41-48)54-32-18-19-33-57(54)62-58/h1-41H. The molecule has 0 N–H and O–H groups in total. The number of thiophene rings is 1. The minimum atomic E-state index is 1.06. The first-order valence-corrected chi connectivity index (χ1v) is 21.8. The van der Waals surface area contributed by atoms with Gasteiger partial charge < -0.3 is 14.7 Å². The van der Waals surface area contributed by atoms with Crippen LogP contribution in [0.1, 0.15) is 0 Å². The van der Waals surface area contributed by atoms with Crippen LogP contribution in [0.15, 0.2) is 249 Å². The van der Waals surface area contributed by atoms with Crippen molar-refractivity contribution < 1.29 is 0 Å². The van der Waals surface area contributed by atoms with Gasteiger partial charge in [-0.3, -0.25) is 0 Å². The molecule has 10 aromatic carbocycles. The molecular formula is C58H41N3S. The van der Waals surface area contributed by atoms with E-state index in [1.54, 1.807) is 0 Å². The largest absolute Gasteiger partial charge is 0.310 e. The van der Waals surface area contributed by atoms with Crippen LogP contribution in [-0.4, -0.2) is 0 Å². The summed E-state index contributed by atoms with van der Waals surface area (Å²) in [5, 5.41) is 4.91. The third kappa shape index (κ3) is 6.93. The fraction of sp³-hybridized carbons (Fsp3) is 0. The van der Waals surface area contributed by atoms with Gasteiger partial charge in [0.05, 0.1) is 5.69 Å². The lowest BCUT2D eigenvalue weighted by Crippen LogP contribution is -2.13. The monoisotopic (exact) mass is 811 g/mol. The SMILES string of the molecule is c1ccc(N(c2ccccc2)c2cc(-c3ccc(N(c4ccccc4)c4ccc5sc6ccccc6c5c4)c4ccccc34)cc(N(c3ccccc3)c3ccccc3)c2)cc1. The van der Waals surface area contributed by atoms with Crippen LogP contribution in [0.2, 0.25) is 0 Å². The minimum absolute atomic E-state index is 1.06. The van der Waals surface area contributed by atoms with E-state index in [1.807, 2.05) is 11.3 Å². The summed E-state index contributed by atoms with van der Waals surface area (Å²) in [6.45, 7) is 0. The Kier molecular flexibility index (Phi) is 9.74. The van der Waals surface area contributed by atoms with E-state index in [9.17, 15) is 0 Å². The molecule has 294 valence electrons. The lowest BCUT2D eigenvalue weighted by atomic mass is 9.95. The molecule has 1 aromatic heterocycles. The summed E-state index contributed by atoms with van der Waals surface area (Å²) in [4.78, 5) is 7.14. The van der Waals surface area contributed by atoms with Gasteiger partial charge in [0.2, 0.25) is 0 Å². The van der Waals surface area contributed by atoms with E-state index in [0.717, 1.165) is 62.3 Å². The Morgan fingerprint density at radius 1 is 0.242 bits per heavy atom. The molecule has 0 fully saturated rings. The third-order valence-corrected chi connectivity index (χ3v) is 12.7. The fourth-order valence-corrected chi connectivity index (χ4v) is 9.89. The van der Waals surface area contributed by atoms with Gasteiger partial charge in [-0.2, -0.15) is 0 Å². The van der Waals surface area contributed by atoms with Crippen molar-refractivity contribution in [3.63, 3.8) is 0 Å². The molecule has 0 amide bonds. The van der Waals surface area contributed by atoms with Gasteiger partial charge in [-0.15, -0.1) is 11.3 Å². The van der Waals surface area contributed by atoms with E-state index in [0.29, 0.717) is 0 Å².